The van der Waals surface area contributed by atoms with Crippen molar-refractivity contribution < 1.29 is 4.79 Å². The lowest BCUT2D eigenvalue weighted by Crippen LogP contribution is -2.46. The van der Waals surface area contributed by atoms with E-state index in [2.05, 4.69) is 22.5 Å². The third-order valence-corrected chi connectivity index (χ3v) is 3.53. The van der Waals surface area contributed by atoms with Gasteiger partial charge < -0.3 is 10.6 Å². The first-order valence-corrected chi connectivity index (χ1v) is 6.40. The fourth-order valence-electron chi connectivity index (χ4n) is 2.48. The van der Waals surface area contributed by atoms with E-state index in [1.807, 2.05) is 7.05 Å². The van der Waals surface area contributed by atoms with Gasteiger partial charge in [0.15, 0.2) is 0 Å². The highest BCUT2D eigenvalue weighted by molar-refractivity contribution is 5.82. The Hall–Kier alpha value is -0.610. The summed E-state index contributed by atoms with van der Waals surface area (Å²) in [4.78, 5) is 14.5. The van der Waals surface area contributed by atoms with Crippen LogP contribution in [-0.2, 0) is 4.79 Å². The molecule has 0 radical (unpaired) electrons. The maximum absolute atomic E-state index is 12.0. The molecule has 4 nitrogen and oxygen atoms in total. The van der Waals surface area contributed by atoms with Crippen molar-refractivity contribution in [1.82, 2.24) is 15.5 Å². The monoisotopic (exact) mass is 225 g/mol. The van der Waals surface area contributed by atoms with Crippen LogP contribution in [0.2, 0.25) is 0 Å². The molecular formula is C12H23N3O. The average Bonchev–Trinajstić information content (AvgIpc) is 3.07. The molecule has 4 heteroatoms. The van der Waals surface area contributed by atoms with Gasteiger partial charge in [-0.15, -0.1) is 0 Å². The van der Waals surface area contributed by atoms with Gasteiger partial charge in [-0.2, -0.15) is 0 Å². The number of carbonyl (C=O) groups excluding carboxylic acids is 1. The molecule has 1 saturated heterocycles. The molecule has 0 bridgehead atoms. The molecule has 0 aromatic heterocycles. The van der Waals surface area contributed by atoms with E-state index >= 15 is 0 Å². The maximum atomic E-state index is 12.0. The number of rotatable bonds is 4. The van der Waals surface area contributed by atoms with Gasteiger partial charge >= 0.3 is 0 Å². The van der Waals surface area contributed by atoms with E-state index in [9.17, 15) is 4.79 Å². The fraction of sp³-hybridized carbons (Fsp3) is 0.917. The van der Waals surface area contributed by atoms with Crippen molar-refractivity contribution in [3.05, 3.63) is 0 Å². The third kappa shape index (κ3) is 2.74. The van der Waals surface area contributed by atoms with Crippen molar-refractivity contribution in [1.29, 1.82) is 0 Å². The van der Waals surface area contributed by atoms with E-state index in [0.29, 0.717) is 12.0 Å². The molecule has 1 aliphatic heterocycles. The van der Waals surface area contributed by atoms with Gasteiger partial charge in [-0.3, -0.25) is 9.69 Å². The summed E-state index contributed by atoms with van der Waals surface area (Å²) in [6.07, 6.45) is 3.47. The molecule has 0 spiro atoms. The van der Waals surface area contributed by atoms with Gasteiger partial charge in [0.1, 0.15) is 0 Å². The van der Waals surface area contributed by atoms with E-state index in [1.54, 1.807) is 0 Å². The van der Waals surface area contributed by atoms with Crippen molar-refractivity contribution >= 4 is 5.91 Å². The Bertz CT molecular complexity index is 253. The average molecular weight is 225 g/mol. The van der Waals surface area contributed by atoms with Crippen LogP contribution in [0.4, 0.5) is 0 Å². The first kappa shape index (κ1) is 11.9. The van der Waals surface area contributed by atoms with Crippen LogP contribution in [-0.4, -0.2) is 49.6 Å². The van der Waals surface area contributed by atoms with Gasteiger partial charge in [0.25, 0.3) is 0 Å². The second-order valence-electron chi connectivity index (χ2n) is 5.19. The summed E-state index contributed by atoms with van der Waals surface area (Å²) in [6, 6.07) is 0.762. The molecular weight excluding hydrogens is 202 g/mol. The standard InChI is InChI=1S/C12H23N3O/c1-9-7-14-12(16)11(5-6-13-2)15(8-9)10-3-4-10/h9-11,13H,3-8H2,1-2H3,(H,14,16). The summed E-state index contributed by atoms with van der Waals surface area (Å²) in [5.74, 6) is 0.802. The van der Waals surface area contributed by atoms with Crippen LogP contribution in [0.5, 0.6) is 0 Å². The molecule has 1 amide bonds. The van der Waals surface area contributed by atoms with Crippen molar-refractivity contribution in [2.24, 2.45) is 5.92 Å². The van der Waals surface area contributed by atoms with Crippen molar-refractivity contribution in [2.75, 3.05) is 26.7 Å². The quantitative estimate of drug-likeness (QED) is 0.718. The predicted molar refractivity (Wildman–Crippen MR) is 64.2 cm³/mol. The van der Waals surface area contributed by atoms with Crippen molar-refractivity contribution in [3.8, 4) is 0 Å². The van der Waals surface area contributed by atoms with Crippen molar-refractivity contribution in [3.63, 3.8) is 0 Å². The molecule has 2 unspecified atom stereocenters. The SMILES string of the molecule is CNCCC1C(=O)NCC(C)CN1C1CC1. The zero-order valence-corrected chi connectivity index (χ0v) is 10.3. The lowest BCUT2D eigenvalue weighted by atomic mass is 10.1. The van der Waals surface area contributed by atoms with Gasteiger partial charge in [-0.1, -0.05) is 6.92 Å². The van der Waals surface area contributed by atoms with Gasteiger partial charge in [-0.05, 0) is 38.8 Å². The van der Waals surface area contributed by atoms with Gasteiger partial charge in [0, 0.05) is 19.1 Å². The van der Waals surface area contributed by atoms with Crippen LogP contribution >= 0.6 is 0 Å². The number of nitrogens with zero attached hydrogens (tertiary/aromatic N) is 1. The first-order chi connectivity index (χ1) is 7.72. The molecule has 2 aliphatic rings. The molecule has 2 rings (SSSR count). The Labute approximate surface area is 97.8 Å². The Morgan fingerprint density at radius 3 is 2.88 bits per heavy atom. The van der Waals surface area contributed by atoms with Crippen LogP contribution in [0.15, 0.2) is 0 Å². The largest absolute Gasteiger partial charge is 0.354 e. The second-order valence-corrected chi connectivity index (χ2v) is 5.19. The fourth-order valence-corrected chi connectivity index (χ4v) is 2.48. The van der Waals surface area contributed by atoms with Gasteiger partial charge in [-0.25, -0.2) is 0 Å². The van der Waals surface area contributed by atoms with Crippen LogP contribution in [0.3, 0.4) is 0 Å². The Morgan fingerprint density at radius 2 is 2.25 bits per heavy atom. The molecule has 0 aromatic carbocycles. The van der Waals surface area contributed by atoms with E-state index in [0.717, 1.165) is 26.1 Å². The van der Waals surface area contributed by atoms with Gasteiger partial charge in [0.2, 0.25) is 5.91 Å². The topological polar surface area (TPSA) is 44.4 Å². The first-order valence-electron chi connectivity index (χ1n) is 6.40. The summed E-state index contributed by atoms with van der Waals surface area (Å²) in [6.45, 7) is 5.03. The van der Waals surface area contributed by atoms with Crippen LogP contribution in [0.1, 0.15) is 26.2 Å². The third-order valence-electron chi connectivity index (χ3n) is 3.53. The smallest absolute Gasteiger partial charge is 0.237 e. The summed E-state index contributed by atoms with van der Waals surface area (Å²) in [7, 11) is 1.94. The Morgan fingerprint density at radius 1 is 1.50 bits per heavy atom. The van der Waals surface area contributed by atoms with E-state index in [-0.39, 0.29) is 11.9 Å². The summed E-state index contributed by atoms with van der Waals surface area (Å²) in [5, 5.41) is 6.20. The number of carbonyl (C=O) groups is 1. The number of amides is 1. The molecule has 2 N–H and O–H groups in total. The lowest BCUT2D eigenvalue weighted by molar-refractivity contribution is -0.125. The summed E-state index contributed by atoms with van der Waals surface area (Å²) >= 11 is 0. The molecule has 2 atom stereocenters. The Balaban J connectivity index is 2.03. The predicted octanol–water partition coefficient (Wildman–Crippen LogP) is 0.195. The van der Waals surface area contributed by atoms with E-state index in [4.69, 9.17) is 0 Å². The molecule has 1 aliphatic carbocycles. The van der Waals surface area contributed by atoms with Crippen LogP contribution in [0, 0.1) is 5.92 Å². The van der Waals surface area contributed by atoms with Crippen LogP contribution in [0.25, 0.3) is 0 Å². The highest BCUT2D eigenvalue weighted by atomic mass is 16.2. The number of hydrogen-bond donors (Lipinski definition) is 2. The van der Waals surface area contributed by atoms with E-state index < -0.39 is 0 Å². The molecule has 1 saturated carbocycles. The molecule has 92 valence electrons. The highest BCUT2D eigenvalue weighted by Gasteiger charge is 2.39. The van der Waals surface area contributed by atoms with Gasteiger partial charge in [0.05, 0.1) is 6.04 Å². The van der Waals surface area contributed by atoms with Crippen molar-refractivity contribution in [2.45, 2.75) is 38.3 Å². The van der Waals surface area contributed by atoms with E-state index in [1.165, 1.54) is 12.8 Å². The van der Waals surface area contributed by atoms with Crippen LogP contribution < -0.4 is 10.6 Å². The zero-order chi connectivity index (χ0) is 11.5. The number of nitrogens with one attached hydrogen (secondary N) is 2. The zero-order valence-electron chi connectivity index (χ0n) is 10.3. The minimum absolute atomic E-state index is 0.0879. The number of hydrogen-bond acceptors (Lipinski definition) is 3. The molecule has 1 heterocycles. The second kappa shape index (κ2) is 5.15. The maximum Gasteiger partial charge on any atom is 0.237 e. The summed E-state index contributed by atoms with van der Waals surface area (Å²) < 4.78 is 0. The highest BCUT2D eigenvalue weighted by Crippen LogP contribution is 2.31. The lowest BCUT2D eigenvalue weighted by Gasteiger charge is -2.29. The minimum atomic E-state index is 0.0879. The molecule has 0 aromatic rings. The summed E-state index contributed by atoms with van der Waals surface area (Å²) in [5.41, 5.74) is 0. The minimum Gasteiger partial charge on any atom is -0.354 e. The normalized spacial score (nSPS) is 32.2. The Kier molecular flexibility index (Phi) is 3.82. The molecule has 2 fully saturated rings. The molecule has 16 heavy (non-hydrogen) atoms.